The minimum atomic E-state index is -0.403. The summed E-state index contributed by atoms with van der Waals surface area (Å²) in [6.07, 6.45) is 9.23. The Bertz CT molecular complexity index is 983. The molecule has 0 saturated heterocycles. The Labute approximate surface area is 253 Å². The van der Waals surface area contributed by atoms with Crippen LogP contribution in [0.15, 0.2) is 18.2 Å². The molecule has 1 fully saturated rings. The van der Waals surface area contributed by atoms with Gasteiger partial charge in [0.2, 0.25) is 0 Å². The monoisotopic (exact) mass is 588 g/mol. The smallest absolute Gasteiger partial charge is 0.319 e. The van der Waals surface area contributed by atoms with E-state index in [1.54, 1.807) is 23.1 Å². The summed E-state index contributed by atoms with van der Waals surface area (Å²) in [5.74, 6) is 1.04. The SMILES string of the molecule is CC(C)NC(=O)Nc1ccc2c(c1)C(=O)N([C@@H](C)CO)C[C@@H](C)[C@@H](CN(C)CC1CCCCC1)OCCCC[C@H](C)O2. The number of nitrogens with one attached hydrogen (secondary N) is 2. The molecule has 9 nitrogen and oxygen atoms in total. The largest absolute Gasteiger partial charge is 0.490 e. The molecule has 1 aliphatic carbocycles. The average molecular weight is 589 g/mol. The van der Waals surface area contributed by atoms with Crippen molar-refractivity contribution in [3.63, 3.8) is 0 Å². The van der Waals surface area contributed by atoms with Crippen molar-refractivity contribution >= 4 is 17.6 Å². The number of nitrogens with zero attached hydrogens (tertiary/aromatic N) is 2. The fourth-order valence-electron chi connectivity index (χ4n) is 6.08. The van der Waals surface area contributed by atoms with Gasteiger partial charge in [-0.15, -0.1) is 0 Å². The van der Waals surface area contributed by atoms with Crippen molar-refractivity contribution in [1.82, 2.24) is 15.1 Å². The van der Waals surface area contributed by atoms with Gasteiger partial charge in [0.15, 0.2) is 0 Å². The molecule has 0 aromatic heterocycles. The summed E-state index contributed by atoms with van der Waals surface area (Å²) >= 11 is 0. The highest BCUT2D eigenvalue weighted by atomic mass is 16.5. The molecule has 0 bridgehead atoms. The zero-order valence-electron chi connectivity index (χ0n) is 26.9. The summed E-state index contributed by atoms with van der Waals surface area (Å²) in [5.41, 5.74) is 0.883. The molecule has 9 heteroatoms. The van der Waals surface area contributed by atoms with Gasteiger partial charge in [0.05, 0.1) is 30.4 Å². The van der Waals surface area contributed by atoms with Crippen LogP contribution in [0.5, 0.6) is 5.75 Å². The first-order chi connectivity index (χ1) is 20.1. The molecule has 1 aromatic rings. The van der Waals surface area contributed by atoms with Gasteiger partial charge in [-0.3, -0.25) is 4.79 Å². The third kappa shape index (κ3) is 10.7. The first-order valence-corrected chi connectivity index (χ1v) is 16.2. The van der Waals surface area contributed by atoms with E-state index in [1.807, 2.05) is 27.7 Å². The van der Waals surface area contributed by atoms with E-state index in [4.69, 9.17) is 9.47 Å². The van der Waals surface area contributed by atoms with Gasteiger partial charge in [-0.05, 0) is 91.0 Å². The summed E-state index contributed by atoms with van der Waals surface area (Å²) in [5, 5.41) is 15.8. The molecule has 3 N–H and O–H groups in total. The molecule has 1 aliphatic heterocycles. The lowest BCUT2D eigenvalue weighted by Gasteiger charge is -2.36. The summed E-state index contributed by atoms with van der Waals surface area (Å²) in [6.45, 7) is 12.6. The highest BCUT2D eigenvalue weighted by Gasteiger charge is 2.31. The minimum Gasteiger partial charge on any atom is -0.490 e. The summed E-state index contributed by atoms with van der Waals surface area (Å²) < 4.78 is 12.8. The number of carbonyl (C=O) groups is 2. The molecule has 1 saturated carbocycles. The van der Waals surface area contributed by atoms with Crippen LogP contribution in [-0.2, 0) is 4.74 Å². The predicted octanol–water partition coefficient (Wildman–Crippen LogP) is 5.52. The number of carbonyl (C=O) groups excluding carboxylic acids is 2. The number of hydrogen-bond donors (Lipinski definition) is 3. The maximum Gasteiger partial charge on any atom is 0.319 e. The Balaban J connectivity index is 1.87. The molecule has 2 aliphatic rings. The van der Waals surface area contributed by atoms with E-state index in [9.17, 15) is 14.7 Å². The molecule has 238 valence electrons. The molecule has 1 aromatic carbocycles. The number of hydrogen-bond acceptors (Lipinski definition) is 6. The van der Waals surface area contributed by atoms with Gasteiger partial charge in [-0.25, -0.2) is 4.79 Å². The van der Waals surface area contributed by atoms with Crippen molar-refractivity contribution in [2.24, 2.45) is 11.8 Å². The molecule has 0 unspecified atom stereocenters. The second kappa shape index (κ2) is 17.1. The normalized spacial score (nSPS) is 24.1. The van der Waals surface area contributed by atoms with Gasteiger partial charge in [-0.1, -0.05) is 26.2 Å². The van der Waals surface area contributed by atoms with Gasteiger partial charge >= 0.3 is 6.03 Å². The summed E-state index contributed by atoms with van der Waals surface area (Å²) in [4.78, 5) is 30.8. The van der Waals surface area contributed by atoms with Crippen molar-refractivity contribution in [2.45, 2.75) is 110 Å². The lowest BCUT2D eigenvalue weighted by atomic mass is 9.89. The number of amides is 3. The lowest BCUT2D eigenvalue weighted by molar-refractivity contribution is -0.0190. The van der Waals surface area contributed by atoms with Gasteiger partial charge in [-0.2, -0.15) is 0 Å². The third-order valence-electron chi connectivity index (χ3n) is 8.52. The number of aliphatic hydroxyl groups is 1. The van der Waals surface area contributed by atoms with Crippen LogP contribution in [0, 0.1) is 11.8 Å². The number of urea groups is 1. The zero-order valence-corrected chi connectivity index (χ0v) is 26.9. The second-order valence-electron chi connectivity index (χ2n) is 13.0. The van der Waals surface area contributed by atoms with Crippen molar-refractivity contribution < 1.29 is 24.2 Å². The van der Waals surface area contributed by atoms with Crippen molar-refractivity contribution in [1.29, 1.82) is 0 Å². The van der Waals surface area contributed by atoms with Crippen LogP contribution in [0.25, 0.3) is 0 Å². The van der Waals surface area contributed by atoms with E-state index in [0.29, 0.717) is 30.2 Å². The highest BCUT2D eigenvalue weighted by molar-refractivity contribution is 5.99. The van der Waals surface area contributed by atoms with Crippen LogP contribution in [0.2, 0.25) is 0 Å². The Morgan fingerprint density at radius 3 is 2.48 bits per heavy atom. The van der Waals surface area contributed by atoms with Crippen LogP contribution < -0.4 is 15.4 Å². The van der Waals surface area contributed by atoms with Crippen LogP contribution in [0.1, 0.15) is 96.3 Å². The number of aliphatic hydroxyl groups excluding tert-OH is 1. The van der Waals surface area contributed by atoms with Crippen LogP contribution in [-0.4, -0.2) is 91.0 Å². The molecule has 1 heterocycles. The van der Waals surface area contributed by atoms with Gasteiger partial charge in [0.1, 0.15) is 5.75 Å². The zero-order chi connectivity index (χ0) is 30.6. The molecular formula is C33H56N4O5. The molecule has 4 atom stereocenters. The minimum absolute atomic E-state index is 0.0209. The predicted molar refractivity (Wildman–Crippen MR) is 168 cm³/mol. The van der Waals surface area contributed by atoms with Gasteiger partial charge in [0.25, 0.3) is 5.91 Å². The number of benzene rings is 1. The van der Waals surface area contributed by atoms with Crippen molar-refractivity contribution in [2.75, 3.05) is 45.2 Å². The van der Waals surface area contributed by atoms with Gasteiger partial charge < -0.3 is 35.0 Å². The summed E-state index contributed by atoms with van der Waals surface area (Å²) in [6, 6.07) is 4.45. The molecule has 3 rings (SSSR count). The maximum atomic E-state index is 14.2. The molecular weight excluding hydrogens is 532 g/mol. The lowest BCUT2D eigenvalue weighted by Crippen LogP contribution is -2.47. The van der Waals surface area contributed by atoms with E-state index in [2.05, 4.69) is 29.5 Å². The van der Waals surface area contributed by atoms with E-state index >= 15 is 0 Å². The van der Waals surface area contributed by atoms with E-state index in [0.717, 1.165) is 38.3 Å². The number of likely N-dealkylation sites (N-methyl/N-ethyl adjacent to an activating group) is 1. The van der Waals surface area contributed by atoms with Crippen molar-refractivity contribution in [3.05, 3.63) is 23.8 Å². The van der Waals surface area contributed by atoms with Crippen LogP contribution in [0.4, 0.5) is 10.5 Å². The number of ether oxygens (including phenoxy) is 2. The fourth-order valence-corrected chi connectivity index (χ4v) is 6.08. The average Bonchev–Trinajstić information content (AvgIpc) is 2.94. The van der Waals surface area contributed by atoms with E-state index < -0.39 is 6.04 Å². The Hall–Kier alpha value is -2.36. The molecule has 0 radical (unpaired) electrons. The summed E-state index contributed by atoms with van der Waals surface area (Å²) in [7, 11) is 2.19. The van der Waals surface area contributed by atoms with E-state index in [-0.39, 0.29) is 42.7 Å². The molecule has 0 spiro atoms. The first kappa shape index (κ1) is 34.1. The number of fused-ring (bicyclic) bond motifs is 1. The van der Waals surface area contributed by atoms with Crippen LogP contribution in [0.3, 0.4) is 0 Å². The van der Waals surface area contributed by atoms with Crippen LogP contribution >= 0.6 is 0 Å². The number of anilines is 1. The standard InChI is InChI=1S/C33H56N4O5/c1-23(2)34-33(40)35-28-15-16-30-29(18-28)32(39)37(25(4)22-38)19-24(3)31(41-17-11-10-12-26(5)42-30)21-36(6)20-27-13-8-7-9-14-27/h15-16,18,23-27,31,38H,7-14,17,19-22H2,1-6H3,(H2,34,35,40)/t24-,25+,26+,31-/m1/s1. The quantitative estimate of drug-likeness (QED) is 0.369. The van der Waals surface area contributed by atoms with Crippen molar-refractivity contribution in [3.8, 4) is 5.75 Å². The third-order valence-corrected chi connectivity index (χ3v) is 8.52. The first-order valence-electron chi connectivity index (χ1n) is 16.2. The Morgan fingerprint density at radius 1 is 1.07 bits per heavy atom. The topological polar surface area (TPSA) is 103 Å². The Kier molecular flexibility index (Phi) is 13.9. The highest BCUT2D eigenvalue weighted by Crippen LogP contribution is 2.29. The van der Waals surface area contributed by atoms with Gasteiger partial charge in [0, 0.05) is 43.9 Å². The van der Waals surface area contributed by atoms with E-state index in [1.165, 1.54) is 32.1 Å². The Morgan fingerprint density at radius 2 is 1.79 bits per heavy atom. The molecule has 42 heavy (non-hydrogen) atoms. The fraction of sp³-hybridized carbons (Fsp3) is 0.758. The maximum absolute atomic E-state index is 14.2. The molecule has 3 amide bonds. The second-order valence-corrected chi connectivity index (χ2v) is 13.0. The number of rotatable bonds is 8.